The average molecular weight is 480 g/mol. The van der Waals surface area contributed by atoms with E-state index < -0.39 is 11.7 Å². The molecule has 3 aromatic heterocycles. The van der Waals surface area contributed by atoms with E-state index in [2.05, 4.69) is 43.1 Å². The Balaban J connectivity index is 1.72. The number of carbonyl (C=O) groups is 1. The summed E-state index contributed by atoms with van der Waals surface area (Å²) in [6.07, 6.45) is 6.02. The van der Waals surface area contributed by atoms with Crippen molar-refractivity contribution in [3.8, 4) is 22.9 Å². The highest BCUT2D eigenvalue weighted by Gasteiger charge is 2.25. The molecule has 0 bridgehead atoms. The van der Waals surface area contributed by atoms with Crippen LogP contribution in [0.3, 0.4) is 0 Å². The minimum Gasteiger partial charge on any atom is -0.366 e. The second-order valence-electron chi connectivity index (χ2n) is 8.67. The highest BCUT2D eigenvalue weighted by molar-refractivity contribution is 6.31. The first-order valence-corrected chi connectivity index (χ1v) is 11.3. The number of imidazole rings is 1. The van der Waals surface area contributed by atoms with Crippen LogP contribution in [-0.4, -0.2) is 35.6 Å². The summed E-state index contributed by atoms with van der Waals surface area (Å²) in [5.41, 5.74) is 8.60. The van der Waals surface area contributed by atoms with Crippen LogP contribution in [0.15, 0.2) is 40.4 Å². The topological polar surface area (TPSA) is 146 Å². The number of fused-ring (bicyclic) bond motifs is 1. The van der Waals surface area contributed by atoms with Crippen molar-refractivity contribution >= 4 is 34.4 Å². The largest absolute Gasteiger partial charge is 0.439 e. The molecule has 34 heavy (non-hydrogen) atoms. The third-order valence-electron chi connectivity index (χ3n) is 6.31. The quantitative estimate of drug-likeness (QED) is 0.441. The molecular weight excluding hydrogens is 458 g/mol. The van der Waals surface area contributed by atoms with E-state index in [1.54, 1.807) is 18.5 Å². The molecule has 0 aliphatic heterocycles. The van der Waals surface area contributed by atoms with Gasteiger partial charge in [-0.25, -0.2) is 19.7 Å². The van der Waals surface area contributed by atoms with Crippen molar-refractivity contribution in [3.05, 3.63) is 52.2 Å². The van der Waals surface area contributed by atoms with Crippen LogP contribution in [0.25, 0.3) is 39.8 Å². The summed E-state index contributed by atoms with van der Waals surface area (Å²) < 4.78 is 6.51. The molecule has 3 N–H and O–H groups in total. The third kappa shape index (κ3) is 4.01. The number of primary amides is 1. The molecule has 0 radical (unpaired) electrons. The first kappa shape index (κ1) is 22.0. The van der Waals surface area contributed by atoms with Crippen molar-refractivity contribution in [1.82, 2.24) is 29.7 Å². The van der Waals surface area contributed by atoms with Crippen molar-refractivity contribution in [2.45, 2.75) is 32.6 Å². The first-order chi connectivity index (χ1) is 16.3. The van der Waals surface area contributed by atoms with E-state index in [0.29, 0.717) is 39.3 Å². The average Bonchev–Trinajstić information content (AvgIpc) is 3.44. The molecule has 1 aliphatic rings. The number of hydrogen-bond acceptors (Lipinski definition) is 7. The Labute approximate surface area is 198 Å². The maximum atomic E-state index is 11.9. The number of benzene rings is 1. The zero-order chi connectivity index (χ0) is 24.0. The number of aromatic nitrogens is 6. The van der Waals surface area contributed by atoms with Gasteiger partial charge in [0.15, 0.2) is 5.65 Å². The number of carbonyl (C=O) groups excluding carboxylic acids is 1. The van der Waals surface area contributed by atoms with Gasteiger partial charge >= 0.3 is 5.76 Å². The number of rotatable bonds is 5. The molecule has 3 heterocycles. The molecule has 1 aromatic carbocycles. The summed E-state index contributed by atoms with van der Waals surface area (Å²) in [6.45, 7) is 6.64. The predicted molar refractivity (Wildman–Crippen MR) is 127 cm³/mol. The van der Waals surface area contributed by atoms with Gasteiger partial charge < -0.3 is 5.73 Å². The predicted octanol–water partition coefficient (Wildman–Crippen LogP) is 3.89. The summed E-state index contributed by atoms with van der Waals surface area (Å²) in [6, 6.07) is 4.77. The van der Waals surface area contributed by atoms with Crippen LogP contribution in [0.5, 0.6) is 0 Å². The number of amides is 1. The monoisotopic (exact) mass is 479 g/mol. The van der Waals surface area contributed by atoms with E-state index in [4.69, 9.17) is 17.3 Å². The van der Waals surface area contributed by atoms with Gasteiger partial charge in [-0.2, -0.15) is 0 Å². The second kappa shape index (κ2) is 8.53. The number of aromatic amines is 1. The van der Waals surface area contributed by atoms with Crippen molar-refractivity contribution in [1.29, 1.82) is 0 Å². The van der Waals surface area contributed by atoms with Gasteiger partial charge in [0.05, 0.1) is 0 Å². The zero-order valence-corrected chi connectivity index (χ0v) is 19.2. The minimum absolute atomic E-state index is 0.0555. The van der Waals surface area contributed by atoms with E-state index in [9.17, 15) is 9.59 Å². The van der Waals surface area contributed by atoms with E-state index in [1.165, 1.54) is 6.07 Å². The van der Waals surface area contributed by atoms with Crippen LogP contribution in [0.4, 0.5) is 0 Å². The lowest BCUT2D eigenvalue weighted by Crippen LogP contribution is -2.16. The SMILES string of the molecule is C=C(C1CCC(C)CC1)n1cnc2nc(-c3noc(=O)[nH]3)nc(-c3cc(Cl)cc(C(N)=O)c3)c21. The van der Waals surface area contributed by atoms with Crippen LogP contribution in [0.2, 0.25) is 5.02 Å². The Morgan fingerprint density at radius 2 is 2.00 bits per heavy atom. The molecule has 5 rings (SSSR count). The Hall–Kier alpha value is -3.79. The molecule has 0 spiro atoms. The molecule has 1 amide bonds. The molecule has 0 atom stereocenters. The lowest BCUT2D eigenvalue weighted by molar-refractivity contribution is 0.100. The molecule has 0 unspecified atom stereocenters. The van der Waals surface area contributed by atoms with Crippen molar-refractivity contribution in [2.75, 3.05) is 0 Å². The Bertz CT molecular complexity index is 1480. The third-order valence-corrected chi connectivity index (χ3v) is 6.52. The fourth-order valence-corrected chi connectivity index (χ4v) is 4.67. The van der Waals surface area contributed by atoms with Gasteiger partial charge in [0.2, 0.25) is 17.6 Å². The van der Waals surface area contributed by atoms with E-state index >= 15 is 0 Å². The summed E-state index contributed by atoms with van der Waals surface area (Å²) in [5.74, 6) is -0.188. The molecule has 174 valence electrons. The second-order valence-corrected chi connectivity index (χ2v) is 9.10. The molecule has 1 saturated carbocycles. The van der Waals surface area contributed by atoms with Crippen LogP contribution in [0.1, 0.15) is 43.0 Å². The smallest absolute Gasteiger partial charge is 0.366 e. The number of nitrogens with two attached hydrogens (primary N) is 1. The summed E-state index contributed by atoms with van der Waals surface area (Å²) >= 11 is 6.30. The normalized spacial score (nSPS) is 18.3. The Morgan fingerprint density at radius 3 is 2.68 bits per heavy atom. The summed E-state index contributed by atoms with van der Waals surface area (Å²) in [7, 11) is 0. The van der Waals surface area contributed by atoms with Gasteiger partial charge in [-0.15, -0.1) is 0 Å². The lowest BCUT2D eigenvalue weighted by atomic mass is 9.81. The first-order valence-electron chi connectivity index (χ1n) is 10.9. The number of nitrogens with one attached hydrogen (secondary N) is 1. The van der Waals surface area contributed by atoms with E-state index in [-0.39, 0.29) is 17.2 Å². The molecular formula is C23H22ClN7O3. The van der Waals surface area contributed by atoms with Crippen LogP contribution >= 0.6 is 11.6 Å². The standard InChI is InChI=1S/C23H22ClN7O3/c1-11-3-5-13(6-4-11)12(2)31-10-26-20-18(31)17(14-7-15(19(25)32)9-16(24)8-14)27-21(28-20)22-29-23(33)34-30-22/h7-11,13H,2-6H2,1H3,(H2,25,32)(H,29,30,33). The van der Waals surface area contributed by atoms with Crippen molar-refractivity contribution < 1.29 is 9.32 Å². The fraction of sp³-hybridized carbons (Fsp3) is 0.304. The van der Waals surface area contributed by atoms with Crippen molar-refractivity contribution in [3.63, 3.8) is 0 Å². The fourth-order valence-electron chi connectivity index (χ4n) is 4.43. The van der Waals surface area contributed by atoms with Crippen LogP contribution < -0.4 is 11.5 Å². The molecule has 1 fully saturated rings. The number of hydrogen-bond donors (Lipinski definition) is 2. The van der Waals surface area contributed by atoms with Gasteiger partial charge in [-0.1, -0.05) is 43.1 Å². The molecule has 10 nitrogen and oxygen atoms in total. The van der Waals surface area contributed by atoms with Gasteiger partial charge in [0, 0.05) is 21.8 Å². The van der Waals surface area contributed by atoms with Crippen LogP contribution in [0, 0.1) is 11.8 Å². The Kier molecular flexibility index (Phi) is 5.52. The number of halogens is 1. The van der Waals surface area contributed by atoms with Gasteiger partial charge in [0.1, 0.15) is 17.5 Å². The number of allylic oxidation sites excluding steroid dienone is 1. The maximum absolute atomic E-state index is 11.9. The van der Waals surface area contributed by atoms with Gasteiger partial charge in [-0.3, -0.25) is 18.9 Å². The highest BCUT2D eigenvalue weighted by Crippen LogP contribution is 2.37. The Morgan fingerprint density at radius 1 is 1.24 bits per heavy atom. The van der Waals surface area contributed by atoms with Gasteiger partial charge in [-0.05, 0) is 42.9 Å². The maximum Gasteiger partial charge on any atom is 0.439 e. The zero-order valence-electron chi connectivity index (χ0n) is 18.4. The molecule has 11 heteroatoms. The van der Waals surface area contributed by atoms with Gasteiger partial charge in [0.25, 0.3) is 0 Å². The van der Waals surface area contributed by atoms with Crippen molar-refractivity contribution in [2.24, 2.45) is 17.6 Å². The molecule has 4 aromatic rings. The van der Waals surface area contributed by atoms with E-state index in [0.717, 1.165) is 31.4 Å². The minimum atomic E-state index is -0.732. The van der Waals surface area contributed by atoms with Crippen LogP contribution in [-0.2, 0) is 0 Å². The highest BCUT2D eigenvalue weighted by atomic mass is 35.5. The number of nitrogens with zero attached hydrogens (tertiary/aromatic N) is 5. The summed E-state index contributed by atoms with van der Waals surface area (Å²) in [5, 5.41) is 4.01. The summed E-state index contributed by atoms with van der Waals surface area (Å²) in [4.78, 5) is 39.5. The van der Waals surface area contributed by atoms with E-state index in [1.807, 2.05) is 4.57 Å². The molecule has 1 aliphatic carbocycles. The molecule has 0 saturated heterocycles. The lowest BCUT2D eigenvalue weighted by Gasteiger charge is -2.28. The number of H-pyrrole nitrogens is 1.